The van der Waals surface area contributed by atoms with Crippen LogP contribution in [-0.2, 0) is 9.59 Å². The number of carboxylic acid groups (broad SMARTS) is 1. The number of thioether (sulfide) groups is 1. The molecule has 0 aromatic carbocycles. The Balaban J connectivity index is 2.31. The van der Waals surface area contributed by atoms with Crippen LogP contribution < -0.4 is 16.4 Å². The molecule has 1 aliphatic rings. The van der Waals surface area contributed by atoms with Crippen LogP contribution in [0.5, 0.6) is 0 Å². The minimum atomic E-state index is -1.28. The largest absolute Gasteiger partial charge is 0.480 e. The molecule has 0 spiro atoms. The summed E-state index contributed by atoms with van der Waals surface area (Å²) in [6.45, 7) is 0.523. The number of hydrogen-bond acceptors (Lipinski definition) is 4. The van der Waals surface area contributed by atoms with E-state index in [1.807, 2.05) is 11.8 Å². The Morgan fingerprint density at radius 2 is 1.95 bits per heavy atom. The smallest absolute Gasteiger partial charge is 0.326 e. The second-order valence-electron chi connectivity index (χ2n) is 4.47. The number of carbonyl (C=O) groups excluding carboxylic acids is 2. The standard InChI is InChI=1S/C11H19N3O4S/c12-9(15)5-8(10(16)17)14-11(18)13-6-7-1-3-19-4-2-7/h7-8H,1-6H2,(H2,12,15)(H,16,17)(H2,13,14,18)/t8-/m0/s1. The van der Waals surface area contributed by atoms with Gasteiger partial charge in [0.2, 0.25) is 5.91 Å². The summed E-state index contributed by atoms with van der Waals surface area (Å²) in [5, 5.41) is 13.7. The molecule has 1 atom stereocenters. The molecule has 7 nitrogen and oxygen atoms in total. The number of nitrogens with two attached hydrogens (primary N) is 1. The summed E-state index contributed by atoms with van der Waals surface area (Å²) in [5.41, 5.74) is 4.92. The van der Waals surface area contributed by atoms with Gasteiger partial charge in [-0.25, -0.2) is 9.59 Å². The number of urea groups is 1. The zero-order valence-electron chi connectivity index (χ0n) is 10.6. The fourth-order valence-corrected chi connectivity index (χ4v) is 3.00. The van der Waals surface area contributed by atoms with Gasteiger partial charge in [0, 0.05) is 6.54 Å². The Hall–Kier alpha value is -1.44. The van der Waals surface area contributed by atoms with E-state index in [2.05, 4.69) is 10.6 Å². The van der Waals surface area contributed by atoms with E-state index in [9.17, 15) is 14.4 Å². The highest BCUT2D eigenvalue weighted by atomic mass is 32.2. The molecule has 1 aliphatic heterocycles. The van der Waals surface area contributed by atoms with Gasteiger partial charge in [0.25, 0.3) is 0 Å². The van der Waals surface area contributed by atoms with Crippen molar-refractivity contribution >= 4 is 29.7 Å². The molecule has 0 bridgehead atoms. The second-order valence-corrected chi connectivity index (χ2v) is 5.70. The third-order valence-corrected chi connectivity index (χ3v) is 3.95. The highest BCUT2D eigenvalue weighted by Gasteiger charge is 2.22. The average molecular weight is 289 g/mol. The summed E-state index contributed by atoms with van der Waals surface area (Å²) in [5.74, 6) is 0.576. The number of carbonyl (C=O) groups is 3. The van der Waals surface area contributed by atoms with E-state index in [-0.39, 0.29) is 0 Å². The summed E-state index contributed by atoms with van der Waals surface area (Å²) in [4.78, 5) is 33.0. The van der Waals surface area contributed by atoms with Crippen molar-refractivity contribution in [2.75, 3.05) is 18.1 Å². The van der Waals surface area contributed by atoms with E-state index in [4.69, 9.17) is 10.8 Å². The van der Waals surface area contributed by atoms with Crippen LogP contribution >= 0.6 is 11.8 Å². The molecule has 19 heavy (non-hydrogen) atoms. The Bertz CT molecular complexity index is 345. The second kappa shape index (κ2) is 7.88. The van der Waals surface area contributed by atoms with Gasteiger partial charge in [-0.15, -0.1) is 0 Å². The number of amides is 3. The predicted molar refractivity (Wildman–Crippen MR) is 71.8 cm³/mol. The maximum absolute atomic E-state index is 11.5. The van der Waals surface area contributed by atoms with Gasteiger partial charge in [0.1, 0.15) is 6.04 Å². The Labute approximate surface area is 115 Å². The summed E-state index contributed by atoms with van der Waals surface area (Å²) in [6, 6.07) is -1.86. The summed E-state index contributed by atoms with van der Waals surface area (Å²) >= 11 is 1.90. The van der Waals surface area contributed by atoms with E-state index < -0.39 is 30.4 Å². The molecule has 1 saturated heterocycles. The summed E-state index contributed by atoms with van der Waals surface area (Å²) in [6.07, 6.45) is 1.69. The third kappa shape index (κ3) is 6.32. The number of rotatable bonds is 6. The highest BCUT2D eigenvalue weighted by molar-refractivity contribution is 7.99. The molecular weight excluding hydrogens is 270 g/mol. The van der Waals surface area contributed by atoms with E-state index in [0.29, 0.717) is 12.5 Å². The third-order valence-electron chi connectivity index (χ3n) is 2.90. The minimum absolute atomic E-state index is 0.414. The van der Waals surface area contributed by atoms with Crippen molar-refractivity contribution in [3.05, 3.63) is 0 Å². The molecule has 0 saturated carbocycles. The fourth-order valence-electron chi connectivity index (χ4n) is 1.80. The number of hydrogen-bond donors (Lipinski definition) is 4. The first-order valence-corrected chi connectivity index (χ1v) is 7.27. The van der Waals surface area contributed by atoms with Crippen LogP contribution in [0.1, 0.15) is 19.3 Å². The van der Waals surface area contributed by atoms with Crippen molar-refractivity contribution in [1.82, 2.24) is 10.6 Å². The van der Waals surface area contributed by atoms with E-state index in [1.165, 1.54) is 0 Å². The summed E-state index contributed by atoms with van der Waals surface area (Å²) < 4.78 is 0. The maximum atomic E-state index is 11.5. The lowest BCUT2D eigenvalue weighted by Crippen LogP contribution is -2.48. The molecule has 0 unspecified atom stereocenters. The molecule has 8 heteroatoms. The van der Waals surface area contributed by atoms with Crippen molar-refractivity contribution in [3.63, 3.8) is 0 Å². The van der Waals surface area contributed by atoms with Gasteiger partial charge >= 0.3 is 12.0 Å². The van der Waals surface area contributed by atoms with Gasteiger partial charge < -0.3 is 21.5 Å². The van der Waals surface area contributed by atoms with Gasteiger partial charge in [0.05, 0.1) is 6.42 Å². The zero-order chi connectivity index (χ0) is 14.3. The van der Waals surface area contributed by atoms with E-state index >= 15 is 0 Å². The van der Waals surface area contributed by atoms with Crippen molar-refractivity contribution in [2.45, 2.75) is 25.3 Å². The van der Waals surface area contributed by atoms with Crippen LogP contribution in [0.25, 0.3) is 0 Å². The number of carboxylic acids is 1. The number of primary amides is 1. The molecule has 108 valence electrons. The van der Waals surface area contributed by atoms with Crippen molar-refractivity contribution < 1.29 is 19.5 Å². The lowest BCUT2D eigenvalue weighted by molar-refractivity contribution is -0.140. The first-order valence-electron chi connectivity index (χ1n) is 6.12. The van der Waals surface area contributed by atoms with Gasteiger partial charge in [-0.05, 0) is 30.3 Å². The lowest BCUT2D eigenvalue weighted by Gasteiger charge is -2.22. The molecule has 3 amide bonds. The van der Waals surface area contributed by atoms with E-state index in [1.54, 1.807) is 0 Å². The van der Waals surface area contributed by atoms with Crippen LogP contribution in [0.2, 0.25) is 0 Å². The average Bonchev–Trinajstić information content (AvgIpc) is 2.36. The van der Waals surface area contributed by atoms with Crippen molar-refractivity contribution in [3.8, 4) is 0 Å². The Morgan fingerprint density at radius 1 is 1.32 bits per heavy atom. The molecule has 5 N–H and O–H groups in total. The lowest BCUT2D eigenvalue weighted by atomic mass is 10.0. The van der Waals surface area contributed by atoms with Crippen molar-refractivity contribution in [1.29, 1.82) is 0 Å². The fraction of sp³-hybridized carbons (Fsp3) is 0.727. The zero-order valence-corrected chi connectivity index (χ0v) is 11.4. The molecule has 0 radical (unpaired) electrons. The highest BCUT2D eigenvalue weighted by Crippen LogP contribution is 2.21. The van der Waals surface area contributed by atoms with Crippen molar-refractivity contribution in [2.24, 2.45) is 11.7 Å². The van der Waals surface area contributed by atoms with Crippen LogP contribution in [0.15, 0.2) is 0 Å². The first-order chi connectivity index (χ1) is 8.99. The van der Waals surface area contributed by atoms with Crippen LogP contribution in [0.3, 0.4) is 0 Å². The van der Waals surface area contributed by atoms with Crippen LogP contribution in [0, 0.1) is 5.92 Å². The van der Waals surface area contributed by atoms with Gasteiger partial charge in [-0.1, -0.05) is 0 Å². The molecule has 1 fully saturated rings. The molecular formula is C11H19N3O4S. The maximum Gasteiger partial charge on any atom is 0.326 e. The van der Waals surface area contributed by atoms with Crippen LogP contribution in [0.4, 0.5) is 4.79 Å². The Morgan fingerprint density at radius 3 is 2.47 bits per heavy atom. The van der Waals surface area contributed by atoms with Gasteiger partial charge in [-0.2, -0.15) is 11.8 Å². The van der Waals surface area contributed by atoms with Gasteiger partial charge in [-0.3, -0.25) is 4.79 Å². The Kier molecular flexibility index (Phi) is 6.48. The molecule has 0 aliphatic carbocycles. The molecule has 1 rings (SSSR count). The minimum Gasteiger partial charge on any atom is -0.480 e. The first kappa shape index (κ1) is 15.6. The number of nitrogens with one attached hydrogen (secondary N) is 2. The normalized spacial score (nSPS) is 17.5. The molecule has 1 heterocycles. The quantitative estimate of drug-likeness (QED) is 0.537. The summed E-state index contributed by atoms with van der Waals surface area (Å²) in [7, 11) is 0. The number of aliphatic carboxylic acids is 1. The predicted octanol–water partition coefficient (Wildman–Crippen LogP) is -0.243. The molecule has 0 aromatic heterocycles. The van der Waals surface area contributed by atoms with Gasteiger partial charge in [0.15, 0.2) is 0 Å². The molecule has 0 aromatic rings. The monoisotopic (exact) mass is 289 g/mol. The van der Waals surface area contributed by atoms with E-state index in [0.717, 1.165) is 24.3 Å². The SMILES string of the molecule is NC(=O)C[C@H](NC(=O)NCC1CCSCC1)C(=O)O. The van der Waals surface area contributed by atoms with Crippen LogP contribution in [-0.4, -0.2) is 47.1 Å². The topological polar surface area (TPSA) is 122 Å².